The van der Waals surface area contributed by atoms with Crippen LogP contribution in [-0.4, -0.2) is 112 Å². The Kier molecular flexibility index (Phi) is 8.38. The maximum atomic E-state index is 12.5. The van der Waals surface area contributed by atoms with Gasteiger partial charge in [0.05, 0.1) is 63.4 Å². The van der Waals surface area contributed by atoms with Gasteiger partial charge >= 0.3 is 0 Å². The van der Waals surface area contributed by atoms with Gasteiger partial charge in [-0.1, -0.05) is 12.5 Å². The third-order valence-electron chi connectivity index (χ3n) is 9.90. The van der Waals surface area contributed by atoms with E-state index in [2.05, 4.69) is 11.0 Å². The Bertz CT molecular complexity index is 988. The van der Waals surface area contributed by atoms with Gasteiger partial charge in [-0.3, -0.25) is 4.90 Å². The minimum absolute atomic E-state index is 0.0724. The first kappa shape index (κ1) is 27.7. The average Bonchev–Trinajstić information content (AvgIpc) is 3.26. The molecular weight excluding hydrogens is 502 g/mol. The maximum absolute atomic E-state index is 12.5. The Morgan fingerprint density at radius 3 is 2.36 bits per heavy atom. The number of aliphatic hydroxyl groups excluding tert-OH is 1. The highest BCUT2D eigenvalue weighted by Crippen LogP contribution is 2.65. The lowest BCUT2D eigenvalue weighted by molar-refractivity contribution is -0.209. The quantitative estimate of drug-likeness (QED) is 0.320. The average molecular weight is 548 g/mol. The van der Waals surface area contributed by atoms with Crippen LogP contribution in [0.4, 0.5) is 0 Å². The number of likely N-dealkylation sites (tertiary alicyclic amines) is 1. The van der Waals surface area contributed by atoms with Gasteiger partial charge in [0.15, 0.2) is 11.5 Å². The minimum Gasteiger partial charge on any atom is -0.487 e. The number of hydrogen-bond donors (Lipinski definition) is 2. The second-order valence-corrected chi connectivity index (χ2v) is 11.9. The summed E-state index contributed by atoms with van der Waals surface area (Å²) >= 11 is 0. The van der Waals surface area contributed by atoms with Crippen LogP contribution in [0, 0.1) is 5.92 Å². The highest BCUT2D eigenvalue weighted by Gasteiger charge is 2.72. The second-order valence-electron chi connectivity index (χ2n) is 11.9. The monoisotopic (exact) mass is 547 g/mol. The molecule has 1 aromatic carbocycles. The van der Waals surface area contributed by atoms with Crippen molar-refractivity contribution in [2.75, 3.05) is 73.1 Å². The molecule has 6 rings (SSSR count). The van der Waals surface area contributed by atoms with Gasteiger partial charge in [0.1, 0.15) is 12.7 Å². The van der Waals surface area contributed by atoms with Crippen LogP contribution in [0.3, 0.4) is 0 Å². The molecular formula is C30H45NO8. The second kappa shape index (κ2) is 11.8. The van der Waals surface area contributed by atoms with Crippen molar-refractivity contribution >= 4 is 0 Å². The summed E-state index contributed by atoms with van der Waals surface area (Å²) in [6.45, 7) is 6.05. The highest BCUT2D eigenvalue weighted by atomic mass is 16.6. The van der Waals surface area contributed by atoms with Crippen molar-refractivity contribution in [3.05, 3.63) is 23.3 Å². The summed E-state index contributed by atoms with van der Waals surface area (Å²) in [5.41, 5.74) is 0.858. The molecule has 39 heavy (non-hydrogen) atoms. The lowest BCUT2D eigenvalue weighted by Crippen LogP contribution is -2.77. The molecule has 0 aromatic heterocycles. The van der Waals surface area contributed by atoms with Gasteiger partial charge in [-0.05, 0) is 62.6 Å². The molecule has 0 radical (unpaired) electrons. The van der Waals surface area contributed by atoms with Gasteiger partial charge < -0.3 is 38.6 Å². The molecule has 2 bridgehead atoms. The zero-order chi connectivity index (χ0) is 26.9. The molecule has 1 saturated heterocycles. The fraction of sp³-hybridized carbons (Fsp3) is 0.800. The molecule has 5 atom stereocenters. The third kappa shape index (κ3) is 4.88. The van der Waals surface area contributed by atoms with E-state index in [1.165, 1.54) is 24.8 Å². The summed E-state index contributed by atoms with van der Waals surface area (Å²) in [7, 11) is 1.65. The number of nitrogens with zero attached hydrogens (tertiary/aromatic N) is 1. The molecule has 218 valence electrons. The molecule has 1 aromatic rings. The zero-order valence-electron chi connectivity index (χ0n) is 23.3. The maximum Gasteiger partial charge on any atom is 0.166 e. The normalized spacial score (nSPS) is 32.9. The van der Waals surface area contributed by atoms with Crippen molar-refractivity contribution in [3.63, 3.8) is 0 Å². The standard InChI is InChI=1S/C30H45NO8/c1-34-11-12-35-13-14-36-15-16-37-17-18-38-24-6-5-22-19-25-30(33)8-7-23(32)28-29(30,26(22)27(24)39-28)9-10-31(25)20-21-3-2-4-21/h5-6,21,23,25,28,32-33H,2-4,7-20H2,1H3/t23-,25+,28?,29-,30+/m0/s1. The van der Waals surface area contributed by atoms with Crippen molar-refractivity contribution in [1.82, 2.24) is 4.90 Å². The smallest absolute Gasteiger partial charge is 0.166 e. The van der Waals surface area contributed by atoms with Crippen LogP contribution in [0.1, 0.15) is 49.7 Å². The van der Waals surface area contributed by atoms with Crippen LogP contribution < -0.4 is 9.47 Å². The van der Waals surface area contributed by atoms with Crippen LogP contribution in [-0.2, 0) is 30.8 Å². The molecule has 2 aliphatic heterocycles. The molecule has 3 aliphatic carbocycles. The van der Waals surface area contributed by atoms with Gasteiger partial charge in [-0.15, -0.1) is 0 Å². The number of benzene rings is 1. The number of ether oxygens (including phenoxy) is 6. The largest absolute Gasteiger partial charge is 0.487 e. The van der Waals surface area contributed by atoms with Gasteiger partial charge in [0, 0.05) is 25.3 Å². The van der Waals surface area contributed by atoms with E-state index in [0.717, 1.165) is 43.2 Å². The zero-order valence-corrected chi connectivity index (χ0v) is 23.3. The topological polar surface area (TPSA) is 99.1 Å². The van der Waals surface area contributed by atoms with Crippen molar-refractivity contribution in [3.8, 4) is 11.5 Å². The molecule has 2 N–H and O–H groups in total. The van der Waals surface area contributed by atoms with Crippen molar-refractivity contribution in [2.45, 2.75) is 74.2 Å². The van der Waals surface area contributed by atoms with Gasteiger partial charge in [-0.25, -0.2) is 0 Å². The van der Waals surface area contributed by atoms with E-state index in [-0.39, 0.29) is 6.04 Å². The van der Waals surface area contributed by atoms with E-state index < -0.39 is 23.2 Å². The van der Waals surface area contributed by atoms with Gasteiger partial charge in [-0.2, -0.15) is 0 Å². The molecule has 5 aliphatic rings. The van der Waals surface area contributed by atoms with E-state index in [4.69, 9.17) is 28.4 Å². The number of hydrogen-bond acceptors (Lipinski definition) is 9. The molecule has 9 nitrogen and oxygen atoms in total. The lowest BCUT2D eigenvalue weighted by Gasteiger charge is -2.64. The van der Waals surface area contributed by atoms with Crippen LogP contribution in [0.2, 0.25) is 0 Å². The number of methoxy groups -OCH3 is 1. The van der Waals surface area contributed by atoms with E-state index in [1.54, 1.807) is 7.11 Å². The number of aliphatic hydroxyl groups is 2. The predicted molar refractivity (Wildman–Crippen MR) is 144 cm³/mol. The summed E-state index contributed by atoms with van der Waals surface area (Å²) in [5.74, 6) is 2.16. The molecule has 2 saturated carbocycles. The Labute approximate surface area is 231 Å². The third-order valence-corrected chi connectivity index (χ3v) is 9.90. The predicted octanol–water partition coefficient (Wildman–Crippen LogP) is 2.08. The first-order valence-electron chi connectivity index (χ1n) is 14.9. The fourth-order valence-electron chi connectivity index (χ4n) is 7.83. The lowest BCUT2D eigenvalue weighted by atomic mass is 9.48. The molecule has 3 fully saturated rings. The number of rotatable bonds is 15. The molecule has 2 heterocycles. The van der Waals surface area contributed by atoms with Crippen LogP contribution in [0.15, 0.2) is 12.1 Å². The summed E-state index contributed by atoms with van der Waals surface area (Å²) in [6, 6.07) is 4.23. The van der Waals surface area contributed by atoms with Crippen molar-refractivity contribution in [1.29, 1.82) is 0 Å². The summed E-state index contributed by atoms with van der Waals surface area (Å²) in [6.07, 6.45) is 5.71. The Morgan fingerprint density at radius 1 is 0.949 bits per heavy atom. The number of piperidine rings is 1. The van der Waals surface area contributed by atoms with Crippen molar-refractivity contribution in [2.24, 2.45) is 5.92 Å². The Morgan fingerprint density at radius 2 is 1.67 bits per heavy atom. The Balaban J connectivity index is 1.08. The Hall–Kier alpha value is -1.46. The van der Waals surface area contributed by atoms with E-state index >= 15 is 0 Å². The van der Waals surface area contributed by atoms with Gasteiger partial charge in [0.25, 0.3) is 0 Å². The fourth-order valence-corrected chi connectivity index (χ4v) is 7.83. The van der Waals surface area contributed by atoms with E-state index in [0.29, 0.717) is 71.4 Å². The van der Waals surface area contributed by atoms with Crippen LogP contribution >= 0.6 is 0 Å². The SMILES string of the molecule is COCCOCCOCCOCCOc1ccc2c3c1OC1[C@@H](O)CC[C@@]4(O)[C@@H](C2)N(CC2CCC2)CC[C@]314. The summed E-state index contributed by atoms with van der Waals surface area (Å²) in [4.78, 5) is 2.56. The van der Waals surface area contributed by atoms with Crippen LogP contribution in [0.5, 0.6) is 11.5 Å². The van der Waals surface area contributed by atoms with E-state index in [1.807, 2.05) is 6.07 Å². The first-order chi connectivity index (χ1) is 19.1. The minimum atomic E-state index is -0.895. The van der Waals surface area contributed by atoms with E-state index in [9.17, 15) is 10.2 Å². The van der Waals surface area contributed by atoms with Crippen molar-refractivity contribution < 1.29 is 38.6 Å². The highest BCUT2D eigenvalue weighted by molar-refractivity contribution is 5.63. The van der Waals surface area contributed by atoms with Gasteiger partial charge in [0.2, 0.25) is 0 Å². The molecule has 1 spiro atoms. The van der Waals surface area contributed by atoms with Crippen LogP contribution in [0.25, 0.3) is 0 Å². The first-order valence-corrected chi connectivity index (χ1v) is 14.9. The molecule has 9 heteroatoms. The summed E-state index contributed by atoms with van der Waals surface area (Å²) < 4.78 is 34.2. The molecule has 0 amide bonds. The molecule has 1 unspecified atom stereocenters. The summed E-state index contributed by atoms with van der Waals surface area (Å²) in [5, 5.41) is 23.6.